The zero-order valence-electron chi connectivity index (χ0n) is 19.2. The third kappa shape index (κ3) is 3.95. The molecule has 3 atom stereocenters. The molecule has 0 aliphatic heterocycles. The van der Waals surface area contributed by atoms with E-state index >= 15 is 0 Å². The Balaban J connectivity index is 1.94. The number of allylic oxidation sites excluding steroid dienone is 1. The Morgan fingerprint density at radius 3 is 2.48 bits per heavy atom. The van der Waals surface area contributed by atoms with E-state index < -0.39 is 0 Å². The van der Waals surface area contributed by atoms with E-state index in [2.05, 4.69) is 46.8 Å². The van der Waals surface area contributed by atoms with Crippen molar-refractivity contribution in [1.82, 2.24) is 0 Å². The second-order valence-electron chi connectivity index (χ2n) is 10.4. The van der Waals surface area contributed by atoms with Gasteiger partial charge in [0.15, 0.2) is 0 Å². The maximum Gasteiger partial charge on any atom is 0.126 e. The smallest absolute Gasteiger partial charge is 0.126 e. The van der Waals surface area contributed by atoms with Gasteiger partial charge in [-0.3, -0.25) is 0 Å². The molecule has 0 heterocycles. The first kappa shape index (κ1) is 22.2. The summed E-state index contributed by atoms with van der Waals surface area (Å²) in [5.41, 5.74) is 3.28. The lowest BCUT2D eigenvalue weighted by atomic mass is 9.45. The van der Waals surface area contributed by atoms with E-state index in [-0.39, 0.29) is 23.4 Å². The van der Waals surface area contributed by atoms with Gasteiger partial charge < -0.3 is 14.9 Å². The number of aliphatic hydroxyl groups excluding tert-OH is 1. The van der Waals surface area contributed by atoms with Gasteiger partial charge in [0.25, 0.3) is 0 Å². The van der Waals surface area contributed by atoms with Crippen LogP contribution in [0, 0.1) is 17.3 Å². The minimum Gasteiger partial charge on any atom is -0.507 e. The molecular formula is C26H40O3. The van der Waals surface area contributed by atoms with E-state index in [9.17, 15) is 10.2 Å². The molecule has 0 spiro atoms. The van der Waals surface area contributed by atoms with Gasteiger partial charge >= 0.3 is 0 Å². The second-order valence-corrected chi connectivity index (χ2v) is 10.4. The van der Waals surface area contributed by atoms with Crippen molar-refractivity contribution in [3.8, 4) is 11.5 Å². The Morgan fingerprint density at radius 1 is 1.17 bits per heavy atom. The molecule has 3 aliphatic carbocycles. The van der Waals surface area contributed by atoms with Gasteiger partial charge in [-0.25, -0.2) is 0 Å². The minimum absolute atomic E-state index is 0.00344. The largest absolute Gasteiger partial charge is 0.507 e. The van der Waals surface area contributed by atoms with Gasteiger partial charge in [-0.2, -0.15) is 0 Å². The molecule has 0 saturated heterocycles. The summed E-state index contributed by atoms with van der Waals surface area (Å²) < 4.78 is 5.81. The van der Waals surface area contributed by atoms with Crippen LogP contribution in [0.1, 0.15) is 90.2 Å². The van der Waals surface area contributed by atoms with E-state index in [1.54, 1.807) is 7.11 Å². The molecule has 1 fully saturated rings. The number of phenolic OH excluding ortho intramolecular Hbond substituents is 1. The molecule has 0 unspecified atom stereocenters. The topological polar surface area (TPSA) is 49.7 Å². The summed E-state index contributed by atoms with van der Waals surface area (Å²) in [6.45, 7) is 11.4. The molecule has 1 aromatic carbocycles. The lowest BCUT2D eigenvalue weighted by Gasteiger charge is -2.59. The number of phenols is 1. The summed E-state index contributed by atoms with van der Waals surface area (Å²) in [5, 5.41) is 21.0. The quantitative estimate of drug-likeness (QED) is 0.376. The first-order valence-electron chi connectivity index (χ1n) is 11.4. The monoisotopic (exact) mass is 400 g/mol. The number of hydrogen-bond acceptors (Lipinski definition) is 3. The van der Waals surface area contributed by atoms with Gasteiger partial charge in [-0.1, -0.05) is 66.4 Å². The molecule has 1 saturated carbocycles. The first-order valence-corrected chi connectivity index (χ1v) is 11.4. The van der Waals surface area contributed by atoms with Crippen LogP contribution in [0.5, 0.6) is 11.5 Å². The SMILES string of the molecule is CCCCCCC(C)(C)c1cc(O)c([C@@H]2C=C(CO)[C@@H]3C[C@H]2C3(C)C)c(OC)c1. The van der Waals surface area contributed by atoms with Crippen LogP contribution in [-0.4, -0.2) is 23.9 Å². The molecule has 3 aliphatic rings. The standard InChI is InChI=1S/C26H40O3/c1-7-8-9-10-11-25(2,3)18-13-22(28)24(23(14-18)29-6)19-12-17(16-27)20-15-21(19)26(20,4)5/h12-14,19-21,27-28H,7-11,15-16H2,1-6H3/t19-,20+,21-/m1/s1. The van der Waals surface area contributed by atoms with Crippen LogP contribution in [0.2, 0.25) is 0 Å². The van der Waals surface area contributed by atoms with Crippen LogP contribution < -0.4 is 4.74 Å². The number of benzene rings is 1. The first-order chi connectivity index (χ1) is 13.7. The van der Waals surface area contributed by atoms with Crippen molar-refractivity contribution in [2.45, 2.75) is 84.5 Å². The minimum atomic E-state index is -0.00344. The van der Waals surface area contributed by atoms with Gasteiger partial charge in [0.1, 0.15) is 11.5 Å². The maximum atomic E-state index is 11.1. The second kappa shape index (κ2) is 8.34. The number of aliphatic hydroxyl groups is 1. The van der Waals surface area contributed by atoms with E-state index in [1.807, 2.05) is 6.07 Å². The third-order valence-corrected chi connectivity index (χ3v) is 7.91. The molecule has 29 heavy (non-hydrogen) atoms. The van der Waals surface area contributed by atoms with Crippen molar-refractivity contribution in [2.24, 2.45) is 17.3 Å². The maximum absolute atomic E-state index is 11.1. The number of unbranched alkanes of at least 4 members (excludes halogenated alkanes) is 3. The normalized spacial score (nSPS) is 25.3. The van der Waals surface area contributed by atoms with Crippen LogP contribution in [0.25, 0.3) is 0 Å². The number of hydrogen-bond donors (Lipinski definition) is 2. The number of ether oxygens (including phenoxy) is 1. The van der Waals surface area contributed by atoms with Crippen LogP contribution >= 0.6 is 0 Å². The fourth-order valence-corrected chi connectivity index (χ4v) is 5.75. The van der Waals surface area contributed by atoms with Crippen LogP contribution in [0.15, 0.2) is 23.8 Å². The molecule has 3 heteroatoms. The van der Waals surface area contributed by atoms with Crippen LogP contribution in [0.4, 0.5) is 0 Å². The predicted octanol–water partition coefficient (Wildman–Crippen LogP) is 6.33. The van der Waals surface area contributed by atoms with Gasteiger partial charge in [0, 0.05) is 11.5 Å². The zero-order chi connectivity index (χ0) is 21.4. The average Bonchev–Trinajstić information content (AvgIpc) is 2.69. The lowest BCUT2D eigenvalue weighted by molar-refractivity contribution is -0.0260. The zero-order valence-corrected chi connectivity index (χ0v) is 19.2. The number of methoxy groups -OCH3 is 1. The number of fused-ring (bicyclic) bond motifs is 1. The van der Waals surface area contributed by atoms with Crippen molar-refractivity contribution in [3.05, 3.63) is 34.9 Å². The summed E-state index contributed by atoms with van der Waals surface area (Å²) in [5.74, 6) is 2.13. The van der Waals surface area contributed by atoms with Gasteiger partial charge in [-0.05, 0) is 58.8 Å². The number of aromatic hydroxyl groups is 1. The van der Waals surface area contributed by atoms with E-state index in [1.165, 1.54) is 25.7 Å². The Bertz CT molecular complexity index is 759. The van der Waals surface area contributed by atoms with E-state index in [0.29, 0.717) is 17.6 Å². The fourth-order valence-electron chi connectivity index (χ4n) is 5.75. The van der Waals surface area contributed by atoms with Crippen molar-refractivity contribution in [2.75, 3.05) is 13.7 Å². The highest BCUT2D eigenvalue weighted by Crippen LogP contribution is 2.65. The summed E-state index contributed by atoms with van der Waals surface area (Å²) in [7, 11) is 1.70. The van der Waals surface area contributed by atoms with Crippen LogP contribution in [0.3, 0.4) is 0 Å². The highest BCUT2D eigenvalue weighted by atomic mass is 16.5. The summed E-state index contributed by atoms with van der Waals surface area (Å²) >= 11 is 0. The van der Waals surface area contributed by atoms with Crippen molar-refractivity contribution < 1.29 is 14.9 Å². The van der Waals surface area contributed by atoms with Crippen molar-refractivity contribution >= 4 is 0 Å². The molecule has 3 nitrogen and oxygen atoms in total. The fraction of sp³-hybridized carbons (Fsp3) is 0.692. The van der Waals surface area contributed by atoms with Crippen LogP contribution in [-0.2, 0) is 5.41 Å². The van der Waals surface area contributed by atoms with E-state index in [4.69, 9.17) is 4.74 Å². The lowest BCUT2D eigenvalue weighted by Crippen LogP contribution is -2.51. The molecule has 4 rings (SSSR count). The Hall–Kier alpha value is -1.48. The Kier molecular flexibility index (Phi) is 6.38. The number of rotatable bonds is 9. The molecule has 2 N–H and O–H groups in total. The Morgan fingerprint density at radius 2 is 1.90 bits per heavy atom. The van der Waals surface area contributed by atoms with Gasteiger partial charge in [0.05, 0.1) is 13.7 Å². The highest BCUT2D eigenvalue weighted by Gasteiger charge is 2.56. The van der Waals surface area contributed by atoms with Crippen molar-refractivity contribution in [1.29, 1.82) is 0 Å². The molecular weight excluding hydrogens is 360 g/mol. The molecule has 0 amide bonds. The molecule has 162 valence electrons. The molecule has 2 bridgehead atoms. The summed E-state index contributed by atoms with van der Waals surface area (Å²) in [6.07, 6.45) is 9.36. The molecule has 0 aromatic heterocycles. The van der Waals surface area contributed by atoms with Gasteiger partial charge in [0.2, 0.25) is 0 Å². The highest BCUT2D eigenvalue weighted by molar-refractivity contribution is 5.54. The predicted molar refractivity (Wildman–Crippen MR) is 120 cm³/mol. The Labute approximate surface area is 177 Å². The van der Waals surface area contributed by atoms with Gasteiger partial charge in [-0.15, -0.1) is 0 Å². The molecule has 0 radical (unpaired) electrons. The van der Waals surface area contributed by atoms with Crippen molar-refractivity contribution in [3.63, 3.8) is 0 Å². The molecule has 1 aromatic rings. The summed E-state index contributed by atoms with van der Waals surface area (Å²) in [4.78, 5) is 0. The third-order valence-electron chi connectivity index (χ3n) is 7.91. The average molecular weight is 401 g/mol. The summed E-state index contributed by atoms with van der Waals surface area (Å²) in [6, 6.07) is 4.10. The van der Waals surface area contributed by atoms with E-state index in [0.717, 1.165) is 35.3 Å².